The van der Waals surface area contributed by atoms with Crippen molar-refractivity contribution in [2.45, 2.75) is 104 Å². The van der Waals surface area contributed by atoms with Crippen LogP contribution in [0.4, 0.5) is 0 Å². The fourth-order valence-corrected chi connectivity index (χ4v) is 4.53. The first-order valence-electron chi connectivity index (χ1n) is 12.9. The van der Waals surface area contributed by atoms with Crippen LogP contribution in [-0.2, 0) is 23.7 Å². The number of aryl methyl sites for hydroxylation is 2. The van der Waals surface area contributed by atoms with Crippen molar-refractivity contribution in [2.24, 2.45) is 0 Å². The molecule has 2 aromatic carbocycles. The van der Waals surface area contributed by atoms with E-state index in [0.29, 0.717) is 24.3 Å². The highest BCUT2D eigenvalue weighted by Crippen LogP contribution is 2.45. The molecular formula is C30H46O4. The first-order chi connectivity index (χ1) is 15.9. The van der Waals surface area contributed by atoms with Crippen molar-refractivity contribution in [3.05, 3.63) is 57.6 Å². The SMILES string of the molecule is CCC(C)(C)c1cc(CCCO)cc(C(C)c2cc(CCCO)cc(C(C)(C)CC)c2O)c1O. The number of hydrogen-bond acceptors (Lipinski definition) is 4. The summed E-state index contributed by atoms with van der Waals surface area (Å²) in [6.07, 6.45) is 4.58. The summed E-state index contributed by atoms with van der Waals surface area (Å²) in [5.74, 6) is 0.369. The molecule has 0 fully saturated rings. The van der Waals surface area contributed by atoms with E-state index in [1.54, 1.807) is 0 Å². The van der Waals surface area contributed by atoms with Crippen LogP contribution < -0.4 is 0 Å². The van der Waals surface area contributed by atoms with E-state index in [-0.39, 0.29) is 30.0 Å². The number of aliphatic hydroxyl groups is 2. The molecule has 0 aromatic heterocycles. The Morgan fingerprint density at radius 3 is 1.32 bits per heavy atom. The molecule has 0 aliphatic heterocycles. The number of phenolic OH excluding ortho intramolecular Hbond substituents is 2. The van der Waals surface area contributed by atoms with Crippen molar-refractivity contribution in [1.82, 2.24) is 0 Å². The van der Waals surface area contributed by atoms with Crippen molar-refractivity contribution >= 4 is 0 Å². The van der Waals surface area contributed by atoms with Crippen LogP contribution in [0.3, 0.4) is 0 Å². The van der Waals surface area contributed by atoms with Crippen molar-refractivity contribution in [3.63, 3.8) is 0 Å². The van der Waals surface area contributed by atoms with Crippen molar-refractivity contribution < 1.29 is 20.4 Å². The molecule has 0 bridgehead atoms. The number of rotatable bonds is 12. The summed E-state index contributed by atoms with van der Waals surface area (Å²) in [6.45, 7) is 15.1. The maximum absolute atomic E-state index is 11.5. The van der Waals surface area contributed by atoms with Crippen LogP contribution in [0.25, 0.3) is 0 Å². The molecule has 0 atom stereocenters. The zero-order valence-electron chi connectivity index (χ0n) is 22.3. The molecule has 0 amide bonds. The predicted molar refractivity (Wildman–Crippen MR) is 141 cm³/mol. The Balaban J connectivity index is 2.75. The molecule has 34 heavy (non-hydrogen) atoms. The molecule has 2 rings (SSSR count). The molecule has 0 saturated carbocycles. The number of phenols is 2. The summed E-state index contributed by atoms with van der Waals surface area (Å²) in [6, 6.07) is 8.23. The van der Waals surface area contributed by atoms with E-state index in [1.165, 1.54) is 0 Å². The lowest BCUT2D eigenvalue weighted by atomic mass is 9.75. The van der Waals surface area contributed by atoms with Crippen LogP contribution in [0.1, 0.15) is 113 Å². The van der Waals surface area contributed by atoms with E-state index < -0.39 is 0 Å². The molecule has 190 valence electrons. The minimum absolute atomic E-state index is 0.126. The molecule has 0 radical (unpaired) electrons. The van der Waals surface area contributed by atoms with Gasteiger partial charge in [0.25, 0.3) is 0 Å². The molecule has 0 aliphatic carbocycles. The number of hydrogen-bond donors (Lipinski definition) is 4. The summed E-state index contributed by atoms with van der Waals surface area (Å²) in [5.41, 5.74) is 5.23. The zero-order chi connectivity index (χ0) is 25.7. The van der Waals surface area contributed by atoms with E-state index in [2.05, 4.69) is 53.7 Å². The molecule has 4 N–H and O–H groups in total. The smallest absolute Gasteiger partial charge is 0.123 e. The monoisotopic (exact) mass is 470 g/mol. The molecular weight excluding hydrogens is 424 g/mol. The fraction of sp³-hybridized carbons (Fsp3) is 0.600. The first kappa shape index (κ1) is 28.2. The highest BCUT2D eigenvalue weighted by Gasteiger charge is 2.30. The first-order valence-corrected chi connectivity index (χ1v) is 12.9. The number of aliphatic hydroxyl groups excluding tert-OH is 2. The number of benzene rings is 2. The largest absolute Gasteiger partial charge is 0.507 e. The van der Waals surface area contributed by atoms with Crippen LogP contribution in [0.2, 0.25) is 0 Å². The van der Waals surface area contributed by atoms with Gasteiger partial charge in [-0.1, -0.05) is 72.7 Å². The normalized spacial score (nSPS) is 12.5. The molecule has 4 heteroatoms. The molecule has 2 aromatic rings. The third kappa shape index (κ3) is 6.14. The van der Waals surface area contributed by atoms with Crippen LogP contribution >= 0.6 is 0 Å². The van der Waals surface area contributed by atoms with E-state index in [9.17, 15) is 20.4 Å². The third-order valence-corrected chi connectivity index (χ3v) is 7.80. The summed E-state index contributed by atoms with van der Waals surface area (Å²) >= 11 is 0. The van der Waals surface area contributed by atoms with Gasteiger partial charge in [-0.05, 0) is 60.5 Å². The van der Waals surface area contributed by atoms with E-state index >= 15 is 0 Å². The molecule has 0 saturated heterocycles. The van der Waals surface area contributed by atoms with E-state index in [1.807, 2.05) is 19.1 Å². The maximum Gasteiger partial charge on any atom is 0.123 e. The summed E-state index contributed by atoms with van der Waals surface area (Å²) in [7, 11) is 0. The Morgan fingerprint density at radius 2 is 1.03 bits per heavy atom. The zero-order valence-corrected chi connectivity index (χ0v) is 22.3. The van der Waals surface area contributed by atoms with Gasteiger partial charge in [0.2, 0.25) is 0 Å². The molecule has 0 unspecified atom stereocenters. The van der Waals surface area contributed by atoms with Gasteiger partial charge >= 0.3 is 0 Å². The van der Waals surface area contributed by atoms with Gasteiger partial charge in [0, 0.05) is 41.4 Å². The lowest BCUT2D eigenvalue weighted by Crippen LogP contribution is -2.18. The van der Waals surface area contributed by atoms with Crippen molar-refractivity contribution in [3.8, 4) is 11.5 Å². The molecule has 4 nitrogen and oxygen atoms in total. The average molecular weight is 471 g/mol. The predicted octanol–water partition coefficient (Wildman–Crippen LogP) is 6.47. The Bertz CT molecular complexity index is 881. The Hall–Kier alpha value is -2.04. The van der Waals surface area contributed by atoms with Gasteiger partial charge in [-0.15, -0.1) is 0 Å². The van der Waals surface area contributed by atoms with E-state index in [4.69, 9.17) is 0 Å². The van der Waals surface area contributed by atoms with Crippen LogP contribution in [0, 0.1) is 0 Å². The highest BCUT2D eigenvalue weighted by molar-refractivity contribution is 5.56. The molecule has 0 heterocycles. The second-order valence-corrected chi connectivity index (χ2v) is 11.0. The van der Waals surface area contributed by atoms with Crippen LogP contribution in [0.5, 0.6) is 11.5 Å². The van der Waals surface area contributed by atoms with Gasteiger partial charge in [-0.25, -0.2) is 0 Å². The van der Waals surface area contributed by atoms with Gasteiger partial charge in [0.05, 0.1) is 0 Å². The Morgan fingerprint density at radius 1 is 0.676 bits per heavy atom. The average Bonchev–Trinajstić information content (AvgIpc) is 2.81. The van der Waals surface area contributed by atoms with Gasteiger partial charge in [-0.2, -0.15) is 0 Å². The van der Waals surface area contributed by atoms with Gasteiger partial charge in [0.15, 0.2) is 0 Å². The topological polar surface area (TPSA) is 80.9 Å². The van der Waals surface area contributed by atoms with E-state index in [0.717, 1.165) is 59.1 Å². The Labute approximate surface area is 206 Å². The summed E-state index contributed by atoms with van der Waals surface area (Å²) in [5, 5.41) is 41.7. The van der Waals surface area contributed by atoms with Crippen molar-refractivity contribution in [2.75, 3.05) is 13.2 Å². The van der Waals surface area contributed by atoms with Crippen LogP contribution in [0.15, 0.2) is 24.3 Å². The lowest BCUT2D eigenvalue weighted by molar-refractivity contribution is 0.288. The van der Waals surface area contributed by atoms with Gasteiger partial charge in [-0.3, -0.25) is 0 Å². The van der Waals surface area contributed by atoms with Gasteiger partial charge < -0.3 is 20.4 Å². The quantitative estimate of drug-likeness (QED) is 0.286. The molecule has 0 spiro atoms. The van der Waals surface area contributed by atoms with Gasteiger partial charge in [0.1, 0.15) is 11.5 Å². The standard InChI is InChI=1S/C30H46O4/c1-8-29(4,5)25-18-21(12-10-14-31)16-23(27(25)33)20(3)24-17-22(13-11-15-32)19-26(28(24)34)30(6,7)9-2/h16-20,31-34H,8-15H2,1-7H3. The fourth-order valence-electron chi connectivity index (χ4n) is 4.53. The lowest BCUT2D eigenvalue weighted by Gasteiger charge is -2.30. The maximum atomic E-state index is 11.5. The summed E-state index contributed by atoms with van der Waals surface area (Å²) in [4.78, 5) is 0. The second kappa shape index (κ2) is 11.6. The third-order valence-electron chi connectivity index (χ3n) is 7.80. The number of aromatic hydroxyl groups is 2. The minimum atomic E-state index is -0.221. The summed E-state index contributed by atoms with van der Waals surface area (Å²) < 4.78 is 0. The molecule has 0 aliphatic rings. The second-order valence-electron chi connectivity index (χ2n) is 11.0. The Kier molecular flexibility index (Phi) is 9.62. The highest BCUT2D eigenvalue weighted by atomic mass is 16.3. The van der Waals surface area contributed by atoms with Crippen LogP contribution in [-0.4, -0.2) is 33.6 Å². The minimum Gasteiger partial charge on any atom is -0.507 e. The van der Waals surface area contributed by atoms with Crippen molar-refractivity contribution in [1.29, 1.82) is 0 Å².